The van der Waals surface area contributed by atoms with E-state index in [2.05, 4.69) is 5.32 Å². The van der Waals surface area contributed by atoms with Crippen molar-refractivity contribution in [2.75, 3.05) is 18.9 Å². The van der Waals surface area contributed by atoms with E-state index in [1.807, 2.05) is 26.0 Å². The lowest BCUT2D eigenvalue weighted by molar-refractivity contribution is -0.116. The van der Waals surface area contributed by atoms with E-state index >= 15 is 0 Å². The number of likely N-dealkylation sites (N-methyl/N-ethyl adjacent to an activating group) is 1. The summed E-state index contributed by atoms with van der Waals surface area (Å²) in [6.07, 6.45) is 0. The summed E-state index contributed by atoms with van der Waals surface area (Å²) >= 11 is 5.88. The molecule has 2 aromatic carbocycles. The van der Waals surface area contributed by atoms with E-state index in [4.69, 9.17) is 11.6 Å². The molecule has 2 aromatic rings. The number of nitrogens with one attached hydrogen (secondary N) is 1. The number of hydrogen-bond donors (Lipinski definition) is 1. The number of anilines is 1. The summed E-state index contributed by atoms with van der Waals surface area (Å²) in [6.45, 7) is 3.64. The van der Waals surface area contributed by atoms with Gasteiger partial charge in [-0.05, 0) is 43.2 Å². The third-order valence-electron chi connectivity index (χ3n) is 3.78. The third kappa shape index (κ3) is 3.92. The van der Waals surface area contributed by atoms with Crippen LogP contribution < -0.4 is 5.32 Å². The molecular weight excluding hydrogens is 331 g/mol. The third-order valence-corrected chi connectivity index (χ3v) is 4.10. The van der Waals surface area contributed by atoms with Gasteiger partial charge in [0.2, 0.25) is 5.91 Å². The lowest BCUT2D eigenvalue weighted by atomic mass is 10.1. The maximum Gasteiger partial charge on any atom is 0.258 e. The summed E-state index contributed by atoms with van der Waals surface area (Å²) < 4.78 is 13.8. The van der Waals surface area contributed by atoms with Gasteiger partial charge in [-0.1, -0.05) is 29.8 Å². The van der Waals surface area contributed by atoms with E-state index < -0.39 is 11.7 Å². The van der Waals surface area contributed by atoms with Crippen molar-refractivity contribution < 1.29 is 14.0 Å². The van der Waals surface area contributed by atoms with Gasteiger partial charge in [0.15, 0.2) is 0 Å². The minimum atomic E-state index is -0.714. The van der Waals surface area contributed by atoms with Crippen molar-refractivity contribution >= 4 is 29.1 Å². The van der Waals surface area contributed by atoms with Crippen molar-refractivity contribution in [2.45, 2.75) is 13.8 Å². The highest BCUT2D eigenvalue weighted by molar-refractivity contribution is 6.33. The Hall–Kier alpha value is -2.40. The van der Waals surface area contributed by atoms with Crippen molar-refractivity contribution in [3.63, 3.8) is 0 Å². The Morgan fingerprint density at radius 2 is 1.83 bits per heavy atom. The van der Waals surface area contributed by atoms with Crippen LogP contribution in [0.1, 0.15) is 21.5 Å². The van der Waals surface area contributed by atoms with Crippen LogP contribution in [0, 0.1) is 19.7 Å². The molecule has 126 valence electrons. The summed E-state index contributed by atoms with van der Waals surface area (Å²) in [5, 5.41) is 2.77. The van der Waals surface area contributed by atoms with Crippen LogP contribution in [0.15, 0.2) is 36.4 Å². The zero-order chi connectivity index (χ0) is 17.9. The monoisotopic (exact) mass is 348 g/mol. The molecule has 2 rings (SSSR count). The van der Waals surface area contributed by atoms with E-state index in [0.29, 0.717) is 5.69 Å². The predicted molar refractivity (Wildman–Crippen MR) is 92.9 cm³/mol. The number of benzene rings is 2. The fourth-order valence-corrected chi connectivity index (χ4v) is 2.50. The first-order valence-corrected chi connectivity index (χ1v) is 7.74. The molecule has 0 fully saturated rings. The smallest absolute Gasteiger partial charge is 0.258 e. The largest absolute Gasteiger partial charge is 0.332 e. The Balaban J connectivity index is 2.09. The number of rotatable bonds is 4. The Kier molecular flexibility index (Phi) is 5.57. The van der Waals surface area contributed by atoms with Crippen molar-refractivity contribution in [1.82, 2.24) is 4.90 Å². The SMILES string of the molecule is Cc1cccc(NC(=O)CN(C)C(=O)c2c(F)cccc2Cl)c1C. The lowest BCUT2D eigenvalue weighted by Gasteiger charge is -2.18. The summed E-state index contributed by atoms with van der Waals surface area (Å²) in [5.74, 6) is -1.73. The molecule has 0 spiro atoms. The number of amides is 2. The van der Waals surface area contributed by atoms with Crippen LogP contribution in [-0.2, 0) is 4.79 Å². The molecule has 0 saturated heterocycles. The predicted octanol–water partition coefficient (Wildman–Crippen LogP) is 3.81. The maximum absolute atomic E-state index is 13.8. The summed E-state index contributed by atoms with van der Waals surface area (Å²) in [4.78, 5) is 25.6. The summed E-state index contributed by atoms with van der Waals surface area (Å²) in [5.41, 5.74) is 2.46. The molecule has 1 N–H and O–H groups in total. The van der Waals surface area contributed by atoms with E-state index in [1.165, 1.54) is 19.2 Å². The molecule has 0 bridgehead atoms. The number of hydrogen-bond acceptors (Lipinski definition) is 2. The average molecular weight is 349 g/mol. The molecule has 4 nitrogen and oxygen atoms in total. The normalized spacial score (nSPS) is 10.4. The number of nitrogens with zero attached hydrogens (tertiary/aromatic N) is 1. The van der Waals surface area contributed by atoms with Gasteiger partial charge in [0.05, 0.1) is 17.1 Å². The van der Waals surface area contributed by atoms with Gasteiger partial charge in [0.1, 0.15) is 5.82 Å². The zero-order valence-electron chi connectivity index (χ0n) is 13.7. The number of carbonyl (C=O) groups excluding carboxylic acids is 2. The van der Waals surface area contributed by atoms with Crippen LogP contribution in [0.3, 0.4) is 0 Å². The second-order valence-corrected chi connectivity index (χ2v) is 5.96. The molecule has 6 heteroatoms. The Morgan fingerprint density at radius 3 is 2.50 bits per heavy atom. The lowest BCUT2D eigenvalue weighted by Crippen LogP contribution is -2.35. The van der Waals surface area contributed by atoms with Crippen LogP contribution in [0.2, 0.25) is 5.02 Å². The van der Waals surface area contributed by atoms with E-state index in [1.54, 1.807) is 6.07 Å². The van der Waals surface area contributed by atoms with Crippen molar-refractivity contribution in [2.24, 2.45) is 0 Å². The minimum Gasteiger partial charge on any atom is -0.332 e. The Labute approximate surface area is 145 Å². The fraction of sp³-hybridized carbons (Fsp3) is 0.222. The van der Waals surface area contributed by atoms with Crippen LogP contribution in [0.4, 0.5) is 10.1 Å². The molecule has 0 atom stereocenters. The van der Waals surface area contributed by atoms with Crippen molar-refractivity contribution in [1.29, 1.82) is 0 Å². The molecule has 0 radical (unpaired) electrons. The van der Waals surface area contributed by atoms with Crippen molar-refractivity contribution in [3.05, 3.63) is 63.9 Å². The van der Waals surface area contributed by atoms with Crippen LogP contribution >= 0.6 is 11.6 Å². The van der Waals surface area contributed by atoms with Gasteiger partial charge in [-0.2, -0.15) is 0 Å². The highest BCUT2D eigenvalue weighted by Gasteiger charge is 2.21. The average Bonchev–Trinajstić information content (AvgIpc) is 2.51. The van der Waals surface area contributed by atoms with E-state index in [0.717, 1.165) is 22.1 Å². The molecule has 0 aliphatic heterocycles. The van der Waals surface area contributed by atoms with Crippen LogP contribution in [-0.4, -0.2) is 30.3 Å². The zero-order valence-corrected chi connectivity index (χ0v) is 14.4. The first kappa shape index (κ1) is 17.9. The number of halogens is 2. The molecule has 0 heterocycles. The Morgan fingerprint density at radius 1 is 1.17 bits per heavy atom. The molecule has 0 aliphatic rings. The molecule has 24 heavy (non-hydrogen) atoms. The first-order chi connectivity index (χ1) is 11.3. The van der Waals surface area contributed by atoms with Crippen LogP contribution in [0.25, 0.3) is 0 Å². The maximum atomic E-state index is 13.8. The highest BCUT2D eigenvalue weighted by Crippen LogP contribution is 2.21. The topological polar surface area (TPSA) is 49.4 Å². The fourth-order valence-electron chi connectivity index (χ4n) is 2.26. The van der Waals surface area contributed by atoms with Gasteiger partial charge < -0.3 is 10.2 Å². The molecule has 0 aromatic heterocycles. The number of carbonyl (C=O) groups is 2. The van der Waals surface area contributed by atoms with Gasteiger partial charge in [0, 0.05) is 12.7 Å². The highest BCUT2D eigenvalue weighted by atomic mass is 35.5. The molecule has 0 aliphatic carbocycles. The van der Waals surface area contributed by atoms with E-state index in [-0.39, 0.29) is 23.0 Å². The number of aryl methyl sites for hydroxylation is 1. The molecule has 0 saturated carbocycles. The molecule has 0 unspecified atom stereocenters. The van der Waals surface area contributed by atoms with Gasteiger partial charge in [-0.3, -0.25) is 9.59 Å². The second-order valence-electron chi connectivity index (χ2n) is 5.55. The first-order valence-electron chi connectivity index (χ1n) is 7.36. The van der Waals surface area contributed by atoms with Crippen molar-refractivity contribution in [3.8, 4) is 0 Å². The second kappa shape index (κ2) is 7.45. The quantitative estimate of drug-likeness (QED) is 0.913. The van der Waals surface area contributed by atoms with Gasteiger partial charge in [0.25, 0.3) is 5.91 Å². The van der Waals surface area contributed by atoms with Gasteiger partial charge in [-0.25, -0.2) is 4.39 Å². The summed E-state index contributed by atoms with van der Waals surface area (Å²) in [6, 6.07) is 9.58. The Bertz CT molecular complexity index is 772. The molecule has 2 amide bonds. The standard InChI is InChI=1S/C18H18ClFN2O2/c1-11-6-4-9-15(12(11)2)21-16(23)10-22(3)18(24)17-13(19)7-5-8-14(17)20/h4-9H,10H2,1-3H3,(H,21,23). The van der Waals surface area contributed by atoms with E-state index in [9.17, 15) is 14.0 Å². The summed E-state index contributed by atoms with van der Waals surface area (Å²) in [7, 11) is 1.42. The van der Waals surface area contributed by atoms with Crippen LogP contribution in [0.5, 0.6) is 0 Å². The minimum absolute atomic E-state index is 0.0155. The molecular formula is C18H18ClFN2O2. The van der Waals surface area contributed by atoms with Gasteiger partial charge in [-0.15, -0.1) is 0 Å². The van der Waals surface area contributed by atoms with Gasteiger partial charge >= 0.3 is 0 Å².